The number of anilines is 1. The van der Waals surface area contributed by atoms with Crippen molar-refractivity contribution < 1.29 is 0 Å². The summed E-state index contributed by atoms with van der Waals surface area (Å²) in [4.78, 5) is 9.53. The third-order valence-corrected chi connectivity index (χ3v) is 7.34. The number of hydrogen-bond donors (Lipinski definition) is 0. The summed E-state index contributed by atoms with van der Waals surface area (Å²) in [5, 5.41) is 11.0. The molecule has 6 nitrogen and oxygen atoms in total. The number of benzene rings is 1. The highest BCUT2D eigenvalue weighted by atomic mass is 32.1. The van der Waals surface area contributed by atoms with E-state index in [2.05, 4.69) is 68.9 Å². The van der Waals surface area contributed by atoms with E-state index in [1.807, 2.05) is 6.20 Å². The quantitative estimate of drug-likeness (QED) is 0.559. The smallest absolute Gasteiger partial charge is 0.208 e. The molecule has 2 aromatic heterocycles. The van der Waals surface area contributed by atoms with Gasteiger partial charge in [-0.25, -0.2) is 4.98 Å². The molecule has 2 aliphatic rings. The van der Waals surface area contributed by atoms with Crippen LogP contribution < -0.4 is 4.90 Å². The standard InChI is InChI=1S/C24H30N6S/c1-3-4-11-30-20(16-19-10-9-18-7-5-6-8-21(18)19)17-25-22(30)23-26-27-24(31-23)29-14-12-28(2)13-15-29/h5-8,10,17H,3-4,9,11-16H2,1-2H3. The van der Waals surface area contributed by atoms with Gasteiger partial charge in [-0.05, 0) is 36.6 Å². The average molecular weight is 435 g/mol. The number of hydrogen-bond acceptors (Lipinski definition) is 6. The molecule has 1 saturated heterocycles. The summed E-state index contributed by atoms with van der Waals surface area (Å²) in [6.45, 7) is 7.37. The van der Waals surface area contributed by atoms with Crippen molar-refractivity contribution in [2.24, 2.45) is 0 Å². The molecule has 1 fully saturated rings. The maximum absolute atomic E-state index is 4.82. The molecule has 0 amide bonds. The Morgan fingerprint density at radius 2 is 1.90 bits per heavy atom. The minimum Gasteiger partial charge on any atom is -0.344 e. The highest BCUT2D eigenvalue weighted by Crippen LogP contribution is 2.33. The van der Waals surface area contributed by atoms with Crippen molar-refractivity contribution >= 4 is 22.0 Å². The molecule has 1 aromatic carbocycles. The van der Waals surface area contributed by atoms with Gasteiger partial charge in [0.05, 0.1) is 0 Å². The van der Waals surface area contributed by atoms with E-state index in [0.29, 0.717) is 0 Å². The summed E-state index contributed by atoms with van der Waals surface area (Å²) < 4.78 is 2.37. The monoisotopic (exact) mass is 434 g/mol. The Morgan fingerprint density at radius 3 is 2.74 bits per heavy atom. The van der Waals surface area contributed by atoms with Crippen LogP contribution >= 0.6 is 11.3 Å². The Balaban J connectivity index is 1.40. The van der Waals surface area contributed by atoms with Crippen molar-refractivity contribution in [2.45, 2.75) is 39.2 Å². The summed E-state index contributed by atoms with van der Waals surface area (Å²) in [5.74, 6) is 0.966. The van der Waals surface area contributed by atoms with Crippen LogP contribution in [0.25, 0.3) is 16.4 Å². The Kier molecular flexibility index (Phi) is 5.87. The predicted molar refractivity (Wildman–Crippen MR) is 128 cm³/mol. The lowest BCUT2D eigenvalue weighted by Gasteiger charge is -2.31. The molecule has 31 heavy (non-hydrogen) atoms. The van der Waals surface area contributed by atoms with Crippen LogP contribution in [-0.2, 0) is 19.4 Å². The first kappa shape index (κ1) is 20.4. The van der Waals surface area contributed by atoms with Gasteiger partial charge in [-0.1, -0.05) is 55.0 Å². The molecule has 1 aliphatic carbocycles. The number of nitrogens with zero attached hydrogens (tertiary/aromatic N) is 6. The van der Waals surface area contributed by atoms with Crippen LogP contribution in [0.5, 0.6) is 0 Å². The maximum atomic E-state index is 4.82. The van der Waals surface area contributed by atoms with Crippen molar-refractivity contribution in [3.8, 4) is 10.8 Å². The van der Waals surface area contributed by atoms with Crippen LogP contribution in [0, 0.1) is 0 Å². The molecule has 3 aromatic rings. The molecular formula is C24H30N6S. The topological polar surface area (TPSA) is 50.1 Å². The number of imidazole rings is 1. The zero-order valence-corrected chi connectivity index (χ0v) is 19.2. The van der Waals surface area contributed by atoms with Crippen LogP contribution in [0.3, 0.4) is 0 Å². The third-order valence-electron chi connectivity index (χ3n) is 6.36. The van der Waals surface area contributed by atoms with E-state index in [-0.39, 0.29) is 0 Å². The Hall–Kier alpha value is -2.51. The molecule has 0 bridgehead atoms. The van der Waals surface area contributed by atoms with Gasteiger partial charge in [0.15, 0.2) is 10.8 Å². The second-order valence-corrected chi connectivity index (χ2v) is 9.48. The van der Waals surface area contributed by atoms with Gasteiger partial charge in [0.2, 0.25) is 5.13 Å². The van der Waals surface area contributed by atoms with Gasteiger partial charge in [0, 0.05) is 51.0 Å². The molecule has 7 heteroatoms. The summed E-state index contributed by atoms with van der Waals surface area (Å²) >= 11 is 1.67. The molecule has 5 rings (SSSR count). The lowest BCUT2D eigenvalue weighted by atomic mass is 10.0. The highest BCUT2D eigenvalue weighted by Gasteiger charge is 2.22. The lowest BCUT2D eigenvalue weighted by molar-refractivity contribution is 0.312. The van der Waals surface area contributed by atoms with E-state index in [9.17, 15) is 0 Å². The molecular weight excluding hydrogens is 404 g/mol. The van der Waals surface area contributed by atoms with Gasteiger partial charge in [0.25, 0.3) is 0 Å². The van der Waals surface area contributed by atoms with Crippen LogP contribution in [0.4, 0.5) is 5.13 Å². The Bertz CT molecular complexity index is 1070. The fourth-order valence-corrected chi connectivity index (χ4v) is 5.34. The van der Waals surface area contributed by atoms with Crippen LogP contribution in [0.1, 0.15) is 36.6 Å². The van der Waals surface area contributed by atoms with Crippen molar-refractivity contribution in [1.29, 1.82) is 0 Å². The molecule has 0 radical (unpaired) electrons. The number of rotatable bonds is 7. The number of aromatic nitrogens is 4. The van der Waals surface area contributed by atoms with E-state index in [1.54, 1.807) is 11.3 Å². The van der Waals surface area contributed by atoms with E-state index in [0.717, 1.165) is 74.4 Å². The number of allylic oxidation sites excluding steroid dienone is 2. The van der Waals surface area contributed by atoms with E-state index < -0.39 is 0 Å². The Morgan fingerprint density at radius 1 is 1.06 bits per heavy atom. The first-order valence-electron chi connectivity index (χ1n) is 11.3. The molecule has 3 heterocycles. The van der Waals surface area contributed by atoms with Gasteiger partial charge in [0.1, 0.15) is 0 Å². The zero-order valence-electron chi connectivity index (χ0n) is 18.4. The molecule has 0 N–H and O–H groups in total. The second-order valence-electron chi connectivity index (χ2n) is 8.53. The van der Waals surface area contributed by atoms with E-state index in [1.165, 1.54) is 22.4 Å². The first-order valence-corrected chi connectivity index (χ1v) is 12.1. The number of fused-ring (bicyclic) bond motifs is 1. The predicted octanol–water partition coefficient (Wildman–Crippen LogP) is 4.14. The van der Waals surface area contributed by atoms with Gasteiger partial charge in [-0.3, -0.25) is 0 Å². The first-order chi connectivity index (χ1) is 15.2. The lowest BCUT2D eigenvalue weighted by Crippen LogP contribution is -2.44. The summed E-state index contributed by atoms with van der Waals surface area (Å²) in [6.07, 6.45) is 8.66. The van der Waals surface area contributed by atoms with Crippen LogP contribution in [0.15, 0.2) is 36.5 Å². The van der Waals surface area contributed by atoms with E-state index >= 15 is 0 Å². The largest absolute Gasteiger partial charge is 0.344 e. The zero-order chi connectivity index (χ0) is 21.2. The fourth-order valence-electron chi connectivity index (χ4n) is 4.44. The maximum Gasteiger partial charge on any atom is 0.208 e. The van der Waals surface area contributed by atoms with Crippen molar-refractivity contribution in [1.82, 2.24) is 24.6 Å². The number of piperazine rings is 1. The molecule has 0 saturated carbocycles. The van der Waals surface area contributed by atoms with Crippen molar-refractivity contribution in [3.63, 3.8) is 0 Å². The fraction of sp³-hybridized carbons (Fsp3) is 0.458. The minimum absolute atomic E-state index is 0.915. The molecule has 0 atom stereocenters. The summed E-state index contributed by atoms with van der Waals surface area (Å²) in [6, 6.07) is 8.75. The molecule has 162 valence electrons. The van der Waals surface area contributed by atoms with Gasteiger partial charge >= 0.3 is 0 Å². The second kappa shape index (κ2) is 8.93. The van der Waals surface area contributed by atoms with Crippen molar-refractivity contribution in [2.75, 3.05) is 38.1 Å². The highest BCUT2D eigenvalue weighted by molar-refractivity contribution is 7.18. The van der Waals surface area contributed by atoms with Crippen molar-refractivity contribution in [3.05, 3.63) is 53.4 Å². The van der Waals surface area contributed by atoms with Gasteiger partial charge in [-0.2, -0.15) is 0 Å². The van der Waals surface area contributed by atoms with Gasteiger partial charge < -0.3 is 14.4 Å². The normalized spacial score (nSPS) is 16.6. The SMILES string of the molecule is CCCCn1c(CC2=CCc3ccccc32)cnc1-c1nnc(N2CCN(C)CC2)s1. The van der Waals surface area contributed by atoms with Gasteiger partial charge in [-0.15, -0.1) is 10.2 Å². The number of likely N-dealkylation sites (N-methyl/N-ethyl adjacent to an activating group) is 1. The average Bonchev–Trinajstić information content (AvgIpc) is 3.52. The minimum atomic E-state index is 0.915. The van der Waals surface area contributed by atoms with E-state index in [4.69, 9.17) is 4.98 Å². The number of unbranched alkanes of at least 4 members (excludes halogenated alkanes) is 1. The van der Waals surface area contributed by atoms with Crippen LogP contribution in [-0.4, -0.2) is 57.9 Å². The Labute approximate surface area is 188 Å². The molecule has 0 spiro atoms. The molecule has 0 unspecified atom stereocenters. The third kappa shape index (κ3) is 4.16. The van der Waals surface area contributed by atoms with Crippen LogP contribution in [0.2, 0.25) is 0 Å². The molecule has 1 aliphatic heterocycles. The summed E-state index contributed by atoms with van der Waals surface area (Å²) in [5.41, 5.74) is 5.50. The summed E-state index contributed by atoms with van der Waals surface area (Å²) in [7, 11) is 2.17.